The quantitative estimate of drug-likeness (QED) is 0.327. The lowest BCUT2D eigenvalue weighted by Crippen LogP contribution is -2.33. The fourth-order valence-electron chi connectivity index (χ4n) is 2.92. The zero-order chi connectivity index (χ0) is 24.1. The minimum absolute atomic E-state index is 0.102. The van der Waals surface area contributed by atoms with Crippen LogP contribution in [0.5, 0.6) is 11.5 Å². The number of ether oxygens (including phenoxy) is 2. The van der Waals surface area contributed by atoms with Crippen molar-refractivity contribution in [3.8, 4) is 11.5 Å². The average Bonchev–Trinajstić information content (AvgIpc) is 3.03. The highest BCUT2D eigenvalue weighted by molar-refractivity contribution is 8.26. The molecule has 2 aromatic rings. The number of carboxylic acids is 1. The molecule has 1 amide bonds. The van der Waals surface area contributed by atoms with Gasteiger partial charge in [-0.1, -0.05) is 36.1 Å². The van der Waals surface area contributed by atoms with Crippen LogP contribution in [0, 0.1) is 5.82 Å². The lowest BCUT2D eigenvalue weighted by Gasteiger charge is -2.11. The van der Waals surface area contributed by atoms with Gasteiger partial charge in [-0.25, -0.2) is 4.39 Å². The Labute approximate surface area is 198 Å². The summed E-state index contributed by atoms with van der Waals surface area (Å²) in [4.78, 5) is 35.7. The number of nitrogens with two attached hydrogens (primary N) is 1. The van der Waals surface area contributed by atoms with Crippen LogP contribution in [0.1, 0.15) is 11.1 Å². The van der Waals surface area contributed by atoms with E-state index in [2.05, 4.69) is 4.74 Å². The number of nitrogens with zero attached hydrogens (tertiary/aromatic N) is 1. The van der Waals surface area contributed by atoms with E-state index in [0.29, 0.717) is 12.2 Å². The molecule has 1 heterocycles. The Kier molecular flexibility index (Phi) is 7.79. The summed E-state index contributed by atoms with van der Waals surface area (Å²) in [6, 6.07) is 10.2. The van der Waals surface area contributed by atoms with E-state index in [1.807, 2.05) is 0 Å². The number of methoxy groups -OCH3 is 1. The normalized spacial score (nSPS) is 15.6. The number of benzene rings is 2. The molecule has 0 aliphatic carbocycles. The van der Waals surface area contributed by atoms with Crippen molar-refractivity contribution in [3.05, 3.63) is 64.3 Å². The number of carbonyl (C=O) groups excluding carboxylic acids is 2. The number of carboxylic acid groups (broad SMARTS) is 1. The number of hydrogen-bond donors (Lipinski definition) is 2. The van der Waals surface area contributed by atoms with Crippen LogP contribution < -0.4 is 10.5 Å². The van der Waals surface area contributed by atoms with Crippen molar-refractivity contribution in [1.29, 1.82) is 0 Å². The maximum absolute atomic E-state index is 14.6. The van der Waals surface area contributed by atoms with Gasteiger partial charge in [0.25, 0.3) is 5.91 Å². The summed E-state index contributed by atoms with van der Waals surface area (Å²) < 4.78 is 25.0. The number of esters is 1. The van der Waals surface area contributed by atoms with Gasteiger partial charge in [-0.05, 0) is 42.3 Å². The van der Waals surface area contributed by atoms with Crippen molar-refractivity contribution in [2.75, 3.05) is 13.7 Å². The van der Waals surface area contributed by atoms with Crippen LogP contribution in [0.3, 0.4) is 0 Å². The topological polar surface area (TPSA) is 119 Å². The van der Waals surface area contributed by atoms with Gasteiger partial charge in [-0.2, -0.15) is 0 Å². The lowest BCUT2D eigenvalue weighted by atomic mass is 10.1. The van der Waals surface area contributed by atoms with Crippen molar-refractivity contribution < 1.29 is 33.4 Å². The van der Waals surface area contributed by atoms with Crippen molar-refractivity contribution in [3.63, 3.8) is 0 Å². The molecule has 1 saturated heterocycles. The van der Waals surface area contributed by atoms with E-state index in [9.17, 15) is 18.8 Å². The van der Waals surface area contributed by atoms with Gasteiger partial charge in [0, 0.05) is 11.6 Å². The second-order valence-electron chi connectivity index (χ2n) is 6.92. The minimum atomic E-state index is -1.19. The zero-order valence-corrected chi connectivity index (χ0v) is 19.0. The Morgan fingerprint density at radius 3 is 2.52 bits per heavy atom. The van der Waals surface area contributed by atoms with E-state index in [1.54, 1.807) is 24.3 Å². The lowest BCUT2D eigenvalue weighted by molar-refractivity contribution is -0.142. The fraction of sp³-hybridized carbons (Fsp3) is 0.182. The summed E-state index contributed by atoms with van der Waals surface area (Å²) >= 11 is 5.94. The van der Waals surface area contributed by atoms with E-state index in [1.165, 1.54) is 31.4 Å². The zero-order valence-electron chi connectivity index (χ0n) is 17.3. The summed E-state index contributed by atoms with van der Waals surface area (Å²) in [5.74, 6) is -2.22. The van der Waals surface area contributed by atoms with Gasteiger partial charge in [0.2, 0.25) is 0 Å². The van der Waals surface area contributed by atoms with Crippen LogP contribution in [0.2, 0.25) is 0 Å². The predicted molar refractivity (Wildman–Crippen MR) is 124 cm³/mol. The number of amides is 1. The third-order valence-electron chi connectivity index (χ3n) is 4.54. The Morgan fingerprint density at radius 2 is 1.91 bits per heavy atom. The highest BCUT2D eigenvalue weighted by Gasteiger charge is 2.33. The second kappa shape index (κ2) is 10.6. The molecule has 3 rings (SSSR count). The molecule has 0 unspecified atom stereocenters. The summed E-state index contributed by atoms with van der Waals surface area (Å²) in [5, 5.41) is 8.89. The third-order valence-corrected chi connectivity index (χ3v) is 5.92. The molecule has 2 aromatic carbocycles. The number of carbonyl (C=O) groups is 3. The molecular formula is C22H19FN2O6S2. The highest BCUT2D eigenvalue weighted by Crippen LogP contribution is 2.33. The predicted octanol–water partition coefficient (Wildman–Crippen LogP) is 2.95. The molecule has 8 nitrogen and oxygen atoms in total. The summed E-state index contributed by atoms with van der Waals surface area (Å²) in [6.45, 7) is -0.551. The first kappa shape index (κ1) is 24.4. The molecule has 1 aliphatic heterocycles. The van der Waals surface area contributed by atoms with Crippen molar-refractivity contribution in [2.24, 2.45) is 5.73 Å². The fourth-order valence-corrected chi connectivity index (χ4v) is 4.17. The van der Waals surface area contributed by atoms with Gasteiger partial charge in [0.05, 0.1) is 12.0 Å². The Balaban J connectivity index is 1.68. The molecular weight excluding hydrogens is 471 g/mol. The van der Waals surface area contributed by atoms with Crippen LogP contribution in [-0.4, -0.2) is 51.9 Å². The number of hydrogen-bond acceptors (Lipinski definition) is 8. The molecule has 0 spiro atoms. The molecule has 0 radical (unpaired) electrons. The highest BCUT2D eigenvalue weighted by atomic mass is 32.2. The molecule has 1 fully saturated rings. The van der Waals surface area contributed by atoms with E-state index in [-0.39, 0.29) is 20.5 Å². The number of halogens is 1. The standard InChI is InChI=1S/C22H19FN2O6S2/c1-30-21(29)17(24)8-12-2-5-14(6-3-12)31-15-7-4-13(16(23)10-15)9-18-20(28)25(11-19(26)27)22(32)33-18/h2-7,9-10,17H,8,11,24H2,1H3,(H,26,27)/t17-/m0/s1. The first-order valence-electron chi connectivity index (χ1n) is 9.55. The molecule has 1 atom stereocenters. The van der Waals surface area contributed by atoms with E-state index in [0.717, 1.165) is 22.2 Å². The molecule has 3 N–H and O–H groups in total. The average molecular weight is 491 g/mol. The van der Waals surface area contributed by atoms with Gasteiger partial charge in [-0.3, -0.25) is 19.3 Å². The van der Waals surface area contributed by atoms with Gasteiger partial charge in [0.15, 0.2) is 0 Å². The van der Waals surface area contributed by atoms with Gasteiger partial charge in [-0.15, -0.1) is 0 Å². The van der Waals surface area contributed by atoms with Crippen molar-refractivity contribution in [2.45, 2.75) is 12.5 Å². The molecule has 172 valence electrons. The molecule has 11 heteroatoms. The Bertz CT molecular complexity index is 1140. The third kappa shape index (κ3) is 6.15. The van der Waals surface area contributed by atoms with Crippen molar-refractivity contribution >= 4 is 52.2 Å². The van der Waals surface area contributed by atoms with Crippen LogP contribution in [0.15, 0.2) is 47.4 Å². The van der Waals surface area contributed by atoms with E-state index >= 15 is 0 Å². The molecule has 1 aliphatic rings. The molecule has 33 heavy (non-hydrogen) atoms. The van der Waals surface area contributed by atoms with Crippen LogP contribution in [0.4, 0.5) is 4.39 Å². The number of thioether (sulfide) groups is 1. The SMILES string of the molecule is COC(=O)[C@@H](N)Cc1ccc(Oc2ccc(C=C3SC(=S)N(CC(=O)O)C3=O)c(F)c2)cc1. The largest absolute Gasteiger partial charge is 0.480 e. The van der Waals surface area contributed by atoms with Crippen LogP contribution in [0.25, 0.3) is 6.08 Å². The summed E-state index contributed by atoms with van der Waals surface area (Å²) in [5.41, 5.74) is 6.68. The van der Waals surface area contributed by atoms with E-state index in [4.69, 9.17) is 27.8 Å². The number of aliphatic carboxylic acids is 1. The first-order chi connectivity index (χ1) is 15.7. The maximum atomic E-state index is 14.6. The molecule has 0 aromatic heterocycles. The van der Waals surface area contributed by atoms with Gasteiger partial charge >= 0.3 is 11.9 Å². The number of thiocarbonyl (C=S) groups is 1. The smallest absolute Gasteiger partial charge is 0.323 e. The Hall–Kier alpha value is -3.28. The second-order valence-corrected chi connectivity index (χ2v) is 8.60. The maximum Gasteiger partial charge on any atom is 0.323 e. The monoisotopic (exact) mass is 490 g/mol. The van der Waals surface area contributed by atoms with E-state index < -0.39 is 36.2 Å². The number of rotatable bonds is 8. The van der Waals surface area contributed by atoms with Gasteiger partial charge in [0.1, 0.15) is 34.2 Å². The van der Waals surface area contributed by atoms with Crippen molar-refractivity contribution in [1.82, 2.24) is 4.90 Å². The summed E-state index contributed by atoms with van der Waals surface area (Å²) in [7, 11) is 1.27. The minimum Gasteiger partial charge on any atom is -0.480 e. The molecule has 0 bridgehead atoms. The molecule has 0 saturated carbocycles. The van der Waals surface area contributed by atoms with Crippen LogP contribution in [-0.2, 0) is 25.5 Å². The first-order valence-corrected chi connectivity index (χ1v) is 10.8. The Morgan fingerprint density at radius 1 is 1.24 bits per heavy atom. The van der Waals surface area contributed by atoms with Crippen LogP contribution >= 0.6 is 24.0 Å². The summed E-state index contributed by atoms with van der Waals surface area (Å²) in [6.07, 6.45) is 1.62. The van der Waals surface area contributed by atoms with Gasteiger partial charge < -0.3 is 20.3 Å².